The lowest BCUT2D eigenvalue weighted by atomic mass is 9.99. The highest BCUT2D eigenvalue weighted by molar-refractivity contribution is 5.76. The van der Waals surface area contributed by atoms with E-state index in [9.17, 15) is 9.59 Å². The third kappa shape index (κ3) is 3.41. The highest BCUT2D eigenvalue weighted by Crippen LogP contribution is 2.17. The first-order valence-electron chi connectivity index (χ1n) is 4.57. The predicted octanol–water partition coefficient (Wildman–Crippen LogP) is 0.104. The maximum absolute atomic E-state index is 10.9. The minimum absolute atomic E-state index is 0.161. The van der Waals surface area contributed by atoms with E-state index in [4.69, 9.17) is 5.11 Å². The molecule has 3 N–H and O–H groups in total. The molecule has 0 aliphatic rings. The van der Waals surface area contributed by atoms with Gasteiger partial charge in [-0.1, -0.05) is 0 Å². The fraction of sp³-hybridized carbons (Fsp3) is 0.444. The lowest BCUT2D eigenvalue weighted by molar-refractivity contribution is -0.139. The van der Waals surface area contributed by atoms with Crippen LogP contribution in [0.4, 0.5) is 0 Å². The average molecular weight is 211 g/mol. The molecule has 1 amide bonds. The third-order valence-corrected chi connectivity index (χ3v) is 2.03. The van der Waals surface area contributed by atoms with E-state index in [1.54, 1.807) is 6.20 Å². The molecule has 1 aromatic rings. The smallest absolute Gasteiger partial charge is 0.311 e. The van der Waals surface area contributed by atoms with Crippen LogP contribution in [0.25, 0.3) is 0 Å². The molecule has 1 aromatic heterocycles. The number of H-pyrrole nitrogens is 1. The summed E-state index contributed by atoms with van der Waals surface area (Å²) in [6.45, 7) is 1.74. The second-order valence-electron chi connectivity index (χ2n) is 3.19. The topological polar surface area (TPSA) is 95.1 Å². The van der Waals surface area contributed by atoms with Crippen molar-refractivity contribution in [3.8, 4) is 0 Å². The van der Waals surface area contributed by atoms with Crippen LogP contribution >= 0.6 is 0 Å². The average Bonchev–Trinajstić information content (AvgIpc) is 2.63. The third-order valence-electron chi connectivity index (χ3n) is 2.03. The molecular weight excluding hydrogens is 198 g/mol. The first-order valence-corrected chi connectivity index (χ1v) is 4.57. The van der Waals surface area contributed by atoms with E-state index in [1.807, 2.05) is 0 Å². The highest BCUT2D eigenvalue weighted by Gasteiger charge is 2.20. The maximum Gasteiger partial charge on any atom is 0.311 e. The molecule has 0 fully saturated rings. The number of hydrogen-bond acceptors (Lipinski definition) is 3. The summed E-state index contributed by atoms with van der Waals surface area (Å²) in [5.41, 5.74) is 0.618. The van der Waals surface area contributed by atoms with Gasteiger partial charge in [0.15, 0.2) is 0 Å². The Morgan fingerprint density at radius 3 is 2.87 bits per heavy atom. The van der Waals surface area contributed by atoms with Crippen molar-refractivity contribution in [2.24, 2.45) is 0 Å². The Hall–Kier alpha value is -1.85. The largest absolute Gasteiger partial charge is 0.481 e. The standard InChI is InChI=1S/C9H13N3O3/c1-6(13)10-3-2-8(9(14)15)7-4-11-12-5-7/h4-5,8H,2-3H2,1H3,(H,10,13)(H,11,12)(H,14,15). The molecule has 0 radical (unpaired) electrons. The van der Waals surface area contributed by atoms with Crippen molar-refractivity contribution in [1.29, 1.82) is 0 Å². The fourth-order valence-electron chi connectivity index (χ4n) is 1.28. The summed E-state index contributed by atoms with van der Waals surface area (Å²) < 4.78 is 0. The van der Waals surface area contributed by atoms with Gasteiger partial charge in [-0.3, -0.25) is 14.7 Å². The molecule has 0 spiro atoms. The van der Waals surface area contributed by atoms with Crippen molar-refractivity contribution < 1.29 is 14.7 Å². The molecule has 6 heteroatoms. The maximum atomic E-state index is 10.9. The molecule has 1 heterocycles. The summed E-state index contributed by atoms with van der Waals surface area (Å²) in [6.07, 6.45) is 3.38. The van der Waals surface area contributed by atoms with E-state index in [2.05, 4.69) is 15.5 Å². The van der Waals surface area contributed by atoms with Crippen molar-refractivity contribution in [3.63, 3.8) is 0 Å². The van der Waals surface area contributed by atoms with Crippen LogP contribution in [0.2, 0.25) is 0 Å². The van der Waals surface area contributed by atoms with Crippen LogP contribution in [0.3, 0.4) is 0 Å². The van der Waals surface area contributed by atoms with Crippen LogP contribution in [0.15, 0.2) is 12.4 Å². The van der Waals surface area contributed by atoms with Gasteiger partial charge in [0, 0.05) is 25.2 Å². The molecule has 0 aliphatic carbocycles. The van der Waals surface area contributed by atoms with Crippen LogP contribution in [-0.4, -0.2) is 33.7 Å². The number of nitrogens with zero attached hydrogens (tertiary/aromatic N) is 1. The van der Waals surface area contributed by atoms with E-state index in [-0.39, 0.29) is 5.91 Å². The molecule has 82 valence electrons. The van der Waals surface area contributed by atoms with Crippen LogP contribution in [0.5, 0.6) is 0 Å². The molecule has 6 nitrogen and oxygen atoms in total. The summed E-state index contributed by atoms with van der Waals surface area (Å²) in [4.78, 5) is 21.5. The predicted molar refractivity (Wildman–Crippen MR) is 52.3 cm³/mol. The van der Waals surface area contributed by atoms with Gasteiger partial charge in [-0.15, -0.1) is 0 Å². The zero-order chi connectivity index (χ0) is 11.3. The van der Waals surface area contributed by atoms with Gasteiger partial charge < -0.3 is 10.4 Å². The van der Waals surface area contributed by atoms with E-state index in [0.717, 1.165) is 0 Å². The van der Waals surface area contributed by atoms with Crippen LogP contribution in [0, 0.1) is 0 Å². The Bertz CT molecular complexity index is 334. The summed E-state index contributed by atoms with van der Waals surface area (Å²) >= 11 is 0. The number of aromatic amines is 1. The Labute approximate surface area is 86.7 Å². The van der Waals surface area contributed by atoms with Gasteiger partial charge in [0.2, 0.25) is 5.91 Å². The summed E-state index contributed by atoms with van der Waals surface area (Å²) in [5.74, 6) is -1.70. The molecule has 1 rings (SSSR count). The number of rotatable bonds is 5. The van der Waals surface area contributed by atoms with Crippen LogP contribution < -0.4 is 5.32 Å². The molecule has 0 saturated heterocycles. The van der Waals surface area contributed by atoms with Gasteiger partial charge >= 0.3 is 5.97 Å². The van der Waals surface area contributed by atoms with Gasteiger partial charge in [0.05, 0.1) is 12.1 Å². The van der Waals surface area contributed by atoms with E-state index in [1.165, 1.54) is 13.1 Å². The van der Waals surface area contributed by atoms with Crippen LogP contribution in [-0.2, 0) is 9.59 Å². The zero-order valence-corrected chi connectivity index (χ0v) is 8.36. The Balaban J connectivity index is 2.53. The quantitative estimate of drug-likeness (QED) is 0.643. The number of aromatic nitrogens is 2. The molecule has 15 heavy (non-hydrogen) atoms. The number of amides is 1. The Morgan fingerprint density at radius 1 is 1.67 bits per heavy atom. The monoisotopic (exact) mass is 211 g/mol. The fourth-order valence-corrected chi connectivity index (χ4v) is 1.28. The van der Waals surface area contributed by atoms with Crippen molar-refractivity contribution in [2.45, 2.75) is 19.3 Å². The lowest BCUT2D eigenvalue weighted by Gasteiger charge is -2.09. The van der Waals surface area contributed by atoms with Gasteiger partial charge in [-0.05, 0) is 6.42 Å². The minimum atomic E-state index is -0.915. The Morgan fingerprint density at radius 2 is 2.40 bits per heavy atom. The number of carboxylic acids is 1. The van der Waals surface area contributed by atoms with E-state index < -0.39 is 11.9 Å². The first kappa shape index (κ1) is 11.2. The first-order chi connectivity index (χ1) is 7.11. The molecule has 1 unspecified atom stereocenters. The SMILES string of the molecule is CC(=O)NCCC(C(=O)O)c1cn[nH]c1. The molecule has 0 aliphatic heterocycles. The van der Waals surface area contributed by atoms with Gasteiger partial charge in [0.25, 0.3) is 0 Å². The number of nitrogens with one attached hydrogen (secondary N) is 2. The van der Waals surface area contributed by atoms with Crippen molar-refractivity contribution >= 4 is 11.9 Å². The number of aliphatic carboxylic acids is 1. The summed E-state index contributed by atoms with van der Waals surface area (Å²) in [6, 6.07) is 0. The van der Waals surface area contributed by atoms with Crippen LogP contribution in [0.1, 0.15) is 24.8 Å². The van der Waals surface area contributed by atoms with Gasteiger partial charge in [-0.25, -0.2) is 0 Å². The molecular formula is C9H13N3O3. The number of carbonyl (C=O) groups excluding carboxylic acids is 1. The molecule has 0 aromatic carbocycles. The summed E-state index contributed by atoms with van der Waals surface area (Å²) in [5, 5.41) is 17.8. The zero-order valence-electron chi connectivity index (χ0n) is 8.36. The van der Waals surface area contributed by atoms with Crippen molar-refractivity contribution in [1.82, 2.24) is 15.5 Å². The second-order valence-corrected chi connectivity index (χ2v) is 3.19. The normalized spacial score (nSPS) is 12.1. The molecule has 0 bridgehead atoms. The number of carbonyl (C=O) groups is 2. The number of carboxylic acid groups (broad SMARTS) is 1. The summed E-state index contributed by atoms with van der Waals surface area (Å²) in [7, 11) is 0. The van der Waals surface area contributed by atoms with Gasteiger partial charge in [0.1, 0.15) is 0 Å². The Kier molecular flexibility index (Phi) is 3.84. The highest BCUT2D eigenvalue weighted by atomic mass is 16.4. The molecule has 1 atom stereocenters. The molecule has 0 saturated carbocycles. The minimum Gasteiger partial charge on any atom is -0.481 e. The van der Waals surface area contributed by atoms with E-state index in [0.29, 0.717) is 18.5 Å². The number of hydrogen-bond donors (Lipinski definition) is 3. The second kappa shape index (κ2) is 5.14. The van der Waals surface area contributed by atoms with Gasteiger partial charge in [-0.2, -0.15) is 5.10 Å². The van der Waals surface area contributed by atoms with Crippen molar-refractivity contribution in [2.75, 3.05) is 6.54 Å². The van der Waals surface area contributed by atoms with E-state index >= 15 is 0 Å². The van der Waals surface area contributed by atoms with Crippen molar-refractivity contribution in [3.05, 3.63) is 18.0 Å². The lowest BCUT2D eigenvalue weighted by Crippen LogP contribution is -2.24.